The van der Waals surface area contributed by atoms with Gasteiger partial charge in [0.05, 0.1) is 7.11 Å². The van der Waals surface area contributed by atoms with Crippen LogP contribution in [0.1, 0.15) is 5.56 Å². The van der Waals surface area contributed by atoms with E-state index in [1.807, 2.05) is 6.92 Å². The van der Waals surface area contributed by atoms with Crippen LogP contribution in [0, 0.1) is 6.92 Å². The summed E-state index contributed by atoms with van der Waals surface area (Å²) in [4.78, 5) is 13.0. The van der Waals surface area contributed by atoms with Crippen LogP contribution in [0.3, 0.4) is 0 Å². The highest BCUT2D eigenvalue weighted by Gasteiger charge is 1.99. The average Bonchev–Trinajstić information content (AvgIpc) is 2.05. The number of rotatable bonds is 2. The lowest BCUT2D eigenvalue weighted by Gasteiger charge is -2.12. The van der Waals surface area contributed by atoms with Crippen molar-refractivity contribution in [2.75, 3.05) is 19.2 Å². The van der Waals surface area contributed by atoms with Crippen LogP contribution in [0.2, 0.25) is 0 Å². The van der Waals surface area contributed by atoms with Crippen molar-refractivity contribution >= 4 is 5.95 Å². The minimum atomic E-state index is 0.568. The molecule has 0 aliphatic carbocycles. The second-order valence-electron chi connectivity index (χ2n) is 2.24. The van der Waals surface area contributed by atoms with Crippen LogP contribution in [0.5, 0.6) is 0 Å². The first-order chi connectivity index (χ1) is 5.24. The molecule has 0 fully saturated rings. The Bertz CT molecular complexity index is 222. The predicted molar refractivity (Wildman–Crippen MR) is 42.2 cm³/mol. The molecule has 0 amide bonds. The summed E-state index contributed by atoms with van der Waals surface area (Å²) in [7, 11) is 3.33. The Morgan fingerprint density at radius 3 is 2.36 bits per heavy atom. The Labute approximate surface area is 65.8 Å². The number of nitrogens with zero attached hydrogens (tertiary/aromatic N) is 3. The molecule has 0 saturated carbocycles. The van der Waals surface area contributed by atoms with E-state index in [2.05, 4.69) is 9.97 Å². The van der Waals surface area contributed by atoms with E-state index in [4.69, 9.17) is 4.84 Å². The zero-order chi connectivity index (χ0) is 8.27. The quantitative estimate of drug-likeness (QED) is 0.588. The molecule has 0 saturated heterocycles. The van der Waals surface area contributed by atoms with Gasteiger partial charge >= 0.3 is 0 Å². The first-order valence-electron chi connectivity index (χ1n) is 3.30. The molecule has 1 heterocycles. The molecule has 0 spiro atoms. The summed E-state index contributed by atoms with van der Waals surface area (Å²) in [5.74, 6) is 0.568. The lowest BCUT2D eigenvalue weighted by atomic mass is 10.4. The molecule has 0 aromatic carbocycles. The Hall–Kier alpha value is -1.16. The summed E-state index contributed by atoms with van der Waals surface area (Å²) in [6.45, 7) is 1.94. The van der Waals surface area contributed by atoms with E-state index in [0.29, 0.717) is 5.95 Å². The molecule has 60 valence electrons. The van der Waals surface area contributed by atoms with Gasteiger partial charge in [0.25, 0.3) is 0 Å². The summed E-state index contributed by atoms with van der Waals surface area (Å²) in [6.07, 6.45) is 3.50. The molecule has 1 rings (SSSR count). The molecule has 0 unspecified atom stereocenters. The van der Waals surface area contributed by atoms with Crippen molar-refractivity contribution in [3.8, 4) is 0 Å². The van der Waals surface area contributed by atoms with E-state index >= 15 is 0 Å². The first-order valence-corrected chi connectivity index (χ1v) is 3.30. The summed E-state index contributed by atoms with van der Waals surface area (Å²) >= 11 is 0. The van der Waals surface area contributed by atoms with Crippen molar-refractivity contribution in [3.63, 3.8) is 0 Å². The summed E-state index contributed by atoms with van der Waals surface area (Å²) in [5, 5.41) is 1.50. The van der Waals surface area contributed by atoms with Gasteiger partial charge in [-0.2, -0.15) is 0 Å². The molecule has 1 aromatic rings. The number of anilines is 1. The van der Waals surface area contributed by atoms with E-state index in [9.17, 15) is 0 Å². The predicted octanol–water partition coefficient (Wildman–Crippen LogP) is 0.783. The maximum atomic E-state index is 4.88. The van der Waals surface area contributed by atoms with Gasteiger partial charge in [0, 0.05) is 19.4 Å². The molecular formula is C7H11N3O. The number of hydroxylamine groups is 1. The number of aromatic nitrogens is 2. The summed E-state index contributed by atoms with van der Waals surface area (Å²) in [5.41, 5.74) is 1.04. The largest absolute Gasteiger partial charge is 0.274 e. The molecule has 0 radical (unpaired) electrons. The molecule has 0 aliphatic heterocycles. The molecule has 4 nitrogen and oxygen atoms in total. The average molecular weight is 153 g/mol. The molecule has 0 aliphatic rings. The van der Waals surface area contributed by atoms with E-state index < -0.39 is 0 Å². The standard InChI is InChI=1S/C7H11N3O/c1-6-4-8-7(9-5-6)10(2)11-3/h4-5H,1-3H3. The van der Waals surface area contributed by atoms with Crippen LogP contribution in [0.25, 0.3) is 0 Å². The highest BCUT2D eigenvalue weighted by molar-refractivity contribution is 5.23. The first kappa shape index (κ1) is 7.94. The number of hydrogen-bond donors (Lipinski definition) is 0. The van der Waals surface area contributed by atoms with Gasteiger partial charge in [-0.15, -0.1) is 0 Å². The molecule has 0 atom stereocenters. The third kappa shape index (κ3) is 1.88. The molecular weight excluding hydrogens is 142 g/mol. The van der Waals surface area contributed by atoms with Gasteiger partial charge in [-0.1, -0.05) is 0 Å². The van der Waals surface area contributed by atoms with E-state index in [1.54, 1.807) is 26.6 Å². The Morgan fingerprint density at radius 2 is 1.91 bits per heavy atom. The van der Waals surface area contributed by atoms with Crippen molar-refractivity contribution in [3.05, 3.63) is 18.0 Å². The topological polar surface area (TPSA) is 38.2 Å². The van der Waals surface area contributed by atoms with Crippen LogP contribution < -0.4 is 5.06 Å². The van der Waals surface area contributed by atoms with Gasteiger partial charge < -0.3 is 0 Å². The van der Waals surface area contributed by atoms with Crippen molar-refractivity contribution in [2.24, 2.45) is 0 Å². The van der Waals surface area contributed by atoms with Gasteiger partial charge in [0.2, 0.25) is 5.95 Å². The van der Waals surface area contributed by atoms with Crippen LogP contribution in [0.15, 0.2) is 12.4 Å². The van der Waals surface area contributed by atoms with Crippen LogP contribution >= 0.6 is 0 Å². The number of aryl methyl sites for hydroxylation is 1. The Morgan fingerprint density at radius 1 is 1.36 bits per heavy atom. The summed E-state index contributed by atoms with van der Waals surface area (Å²) in [6, 6.07) is 0. The normalized spacial score (nSPS) is 9.73. The second-order valence-corrected chi connectivity index (χ2v) is 2.24. The van der Waals surface area contributed by atoms with Gasteiger partial charge in [-0.25, -0.2) is 15.0 Å². The molecule has 4 heteroatoms. The number of hydrogen-bond acceptors (Lipinski definition) is 4. The lowest BCUT2D eigenvalue weighted by Crippen LogP contribution is -2.17. The maximum absolute atomic E-state index is 4.88. The fourth-order valence-electron chi connectivity index (χ4n) is 0.630. The Kier molecular flexibility index (Phi) is 2.38. The van der Waals surface area contributed by atoms with E-state index in [-0.39, 0.29) is 0 Å². The molecule has 1 aromatic heterocycles. The van der Waals surface area contributed by atoms with E-state index in [1.165, 1.54) is 5.06 Å². The van der Waals surface area contributed by atoms with Gasteiger partial charge in [0.15, 0.2) is 0 Å². The fourth-order valence-corrected chi connectivity index (χ4v) is 0.630. The lowest BCUT2D eigenvalue weighted by molar-refractivity contribution is 0.180. The fraction of sp³-hybridized carbons (Fsp3) is 0.429. The highest BCUT2D eigenvalue weighted by atomic mass is 16.7. The Balaban J connectivity index is 2.81. The van der Waals surface area contributed by atoms with Crippen molar-refractivity contribution in [1.29, 1.82) is 0 Å². The SMILES string of the molecule is CON(C)c1ncc(C)cn1. The molecule has 11 heavy (non-hydrogen) atoms. The van der Waals surface area contributed by atoms with Crippen molar-refractivity contribution in [2.45, 2.75) is 6.92 Å². The van der Waals surface area contributed by atoms with Crippen molar-refractivity contribution < 1.29 is 4.84 Å². The van der Waals surface area contributed by atoms with Gasteiger partial charge in [-0.3, -0.25) is 4.84 Å². The maximum Gasteiger partial charge on any atom is 0.249 e. The smallest absolute Gasteiger partial charge is 0.249 e. The van der Waals surface area contributed by atoms with Gasteiger partial charge in [0.1, 0.15) is 0 Å². The highest BCUT2D eigenvalue weighted by Crippen LogP contribution is 2.02. The minimum Gasteiger partial charge on any atom is -0.274 e. The molecule has 0 N–H and O–H groups in total. The third-order valence-corrected chi connectivity index (χ3v) is 1.32. The monoisotopic (exact) mass is 153 g/mol. The van der Waals surface area contributed by atoms with Crippen LogP contribution in [-0.2, 0) is 4.84 Å². The summed E-state index contributed by atoms with van der Waals surface area (Å²) < 4.78 is 0. The molecule has 0 bridgehead atoms. The third-order valence-electron chi connectivity index (χ3n) is 1.32. The second kappa shape index (κ2) is 3.30. The van der Waals surface area contributed by atoms with Gasteiger partial charge in [-0.05, 0) is 12.5 Å². The van der Waals surface area contributed by atoms with Crippen LogP contribution in [-0.4, -0.2) is 24.1 Å². The zero-order valence-corrected chi connectivity index (χ0v) is 6.90. The van der Waals surface area contributed by atoms with Crippen molar-refractivity contribution in [1.82, 2.24) is 9.97 Å². The van der Waals surface area contributed by atoms with E-state index in [0.717, 1.165) is 5.56 Å². The minimum absolute atomic E-state index is 0.568. The van der Waals surface area contributed by atoms with Crippen LogP contribution in [0.4, 0.5) is 5.95 Å². The zero-order valence-electron chi connectivity index (χ0n) is 6.90.